The average Bonchev–Trinajstić information content (AvgIpc) is 3.11. The first-order chi connectivity index (χ1) is 11.7. The Morgan fingerprint density at radius 2 is 1.92 bits per heavy atom. The molecule has 1 amide bonds. The molecule has 0 spiro atoms. The molecule has 6 heteroatoms. The fourth-order valence-corrected chi connectivity index (χ4v) is 2.80. The number of carbonyl (C=O) groups is 1. The van der Waals surface area contributed by atoms with E-state index >= 15 is 0 Å². The number of hydrazone groups is 1. The standard InChI is InChI=1S/C18H15FN2O3/c19-14-3-1-2-13(10-14)18(22)21-7-6-15(20-21)12-4-5-16-17(11-12)24-9-8-23-16/h1-5,10-11H,6-9H2. The maximum Gasteiger partial charge on any atom is 0.274 e. The molecule has 0 saturated heterocycles. The van der Waals surface area contributed by atoms with E-state index in [0.717, 1.165) is 17.0 Å². The van der Waals surface area contributed by atoms with Crippen LogP contribution in [0.5, 0.6) is 11.5 Å². The van der Waals surface area contributed by atoms with Crippen molar-refractivity contribution in [2.24, 2.45) is 5.10 Å². The summed E-state index contributed by atoms with van der Waals surface area (Å²) in [4.78, 5) is 12.4. The van der Waals surface area contributed by atoms with Gasteiger partial charge in [-0.05, 0) is 36.4 Å². The molecule has 0 aromatic heterocycles. The molecule has 0 fully saturated rings. The van der Waals surface area contributed by atoms with Gasteiger partial charge in [-0.1, -0.05) is 6.07 Å². The summed E-state index contributed by atoms with van der Waals surface area (Å²) < 4.78 is 24.4. The van der Waals surface area contributed by atoms with Crippen LogP contribution in [0.25, 0.3) is 0 Å². The molecule has 2 heterocycles. The van der Waals surface area contributed by atoms with Gasteiger partial charge in [0.05, 0.1) is 12.3 Å². The van der Waals surface area contributed by atoms with E-state index in [1.165, 1.54) is 23.2 Å². The molecule has 4 rings (SSSR count). The van der Waals surface area contributed by atoms with Crippen LogP contribution in [0.2, 0.25) is 0 Å². The Morgan fingerprint density at radius 1 is 1.08 bits per heavy atom. The third-order valence-corrected chi connectivity index (χ3v) is 3.98. The third kappa shape index (κ3) is 2.71. The predicted octanol–water partition coefficient (Wildman–Crippen LogP) is 2.85. The van der Waals surface area contributed by atoms with Gasteiger partial charge in [0.1, 0.15) is 19.0 Å². The monoisotopic (exact) mass is 326 g/mol. The Labute approximate surface area is 138 Å². The van der Waals surface area contributed by atoms with Crippen molar-refractivity contribution in [1.82, 2.24) is 5.01 Å². The number of fused-ring (bicyclic) bond motifs is 1. The number of benzene rings is 2. The smallest absolute Gasteiger partial charge is 0.274 e. The highest BCUT2D eigenvalue weighted by Gasteiger charge is 2.24. The maximum atomic E-state index is 13.3. The normalized spacial score (nSPS) is 16.0. The lowest BCUT2D eigenvalue weighted by Gasteiger charge is -2.18. The minimum atomic E-state index is -0.434. The molecule has 24 heavy (non-hydrogen) atoms. The lowest BCUT2D eigenvalue weighted by Crippen LogP contribution is -2.23. The zero-order chi connectivity index (χ0) is 16.5. The molecule has 0 bridgehead atoms. The zero-order valence-electron chi connectivity index (χ0n) is 12.9. The number of carbonyl (C=O) groups excluding carboxylic acids is 1. The van der Waals surface area contributed by atoms with Crippen molar-refractivity contribution in [2.75, 3.05) is 19.8 Å². The molecule has 0 saturated carbocycles. The first-order valence-corrected chi connectivity index (χ1v) is 7.76. The largest absolute Gasteiger partial charge is 0.486 e. The summed E-state index contributed by atoms with van der Waals surface area (Å²) >= 11 is 0. The number of ether oxygens (including phenoxy) is 2. The molecular weight excluding hydrogens is 311 g/mol. The van der Waals surface area contributed by atoms with Gasteiger partial charge in [0.2, 0.25) is 0 Å². The van der Waals surface area contributed by atoms with Crippen LogP contribution >= 0.6 is 0 Å². The molecular formula is C18H15FN2O3. The summed E-state index contributed by atoms with van der Waals surface area (Å²) in [5.74, 6) is 0.672. The van der Waals surface area contributed by atoms with Crippen LogP contribution in [-0.4, -0.2) is 36.4 Å². The van der Waals surface area contributed by atoms with E-state index in [-0.39, 0.29) is 5.91 Å². The molecule has 0 N–H and O–H groups in total. The van der Waals surface area contributed by atoms with Gasteiger partial charge >= 0.3 is 0 Å². The first-order valence-electron chi connectivity index (χ1n) is 7.76. The van der Waals surface area contributed by atoms with Crippen LogP contribution in [-0.2, 0) is 0 Å². The van der Waals surface area contributed by atoms with Gasteiger partial charge in [-0.2, -0.15) is 5.10 Å². The van der Waals surface area contributed by atoms with E-state index in [1.54, 1.807) is 6.07 Å². The summed E-state index contributed by atoms with van der Waals surface area (Å²) in [5.41, 5.74) is 1.99. The lowest BCUT2D eigenvalue weighted by molar-refractivity contribution is 0.0778. The van der Waals surface area contributed by atoms with Crippen molar-refractivity contribution in [3.8, 4) is 11.5 Å². The van der Waals surface area contributed by atoms with E-state index in [1.807, 2.05) is 18.2 Å². The summed E-state index contributed by atoms with van der Waals surface area (Å²) in [7, 11) is 0. The van der Waals surface area contributed by atoms with Crippen LogP contribution in [0.15, 0.2) is 47.6 Å². The second kappa shape index (κ2) is 5.96. The van der Waals surface area contributed by atoms with Crippen LogP contribution in [0.4, 0.5) is 4.39 Å². The lowest BCUT2D eigenvalue weighted by atomic mass is 10.1. The molecule has 122 valence electrons. The highest BCUT2D eigenvalue weighted by atomic mass is 19.1. The minimum Gasteiger partial charge on any atom is -0.486 e. The van der Waals surface area contributed by atoms with E-state index < -0.39 is 5.82 Å². The van der Waals surface area contributed by atoms with E-state index in [2.05, 4.69) is 5.10 Å². The number of halogens is 1. The summed E-state index contributed by atoms with van der Waals surface area (Å²) in [6.07, 6.45) is 0.640. The van der Waals surface area contributed by atoms with Gasteiger partial charge in [-0.15, -0.1) is 0 Å². The average molecular weight is 326 g/mol. The Bertz CT molecular complexity index is 835. The third-order valence-electron chi connectivity index (χ3n) is 3.98. The molecule has 2 aromatic rings. The van der Waals surface area contributed by atoms with Crippen molar-refractivity contribution in [3.05, 3.63) is 59.4 Å². The Hall–Kier alpha value is -2.89. The molecule has 2 aliphatic rings. The van der Waals surface area contributed by atoms with Crippen molar-refractivity contribution in [1.29, 1.82) is 0 Å². The summed E-state index contributed by atoms with van der Waals surface area (Å²) in [5, 5.41) is 5.77. The predicted molar refractivity (Wildman–Crippen MR) is 86.0 cm³/mol. The molecule has 0 atom stereocenters. The number of rotatable bonds is 2. The molecule has 0 unspecified atom stereocenters. The van der Waals surface area contributed by atoms with Gasteiger partial charge in [-0.25, -0.2) is 9.40 Å². The van der Waals surface area contributed by atoms with Gasteiger partial charge in [0, 0.05) is 17.5 Å². The Kier molecular flexibility index (Phi) is 3.65. The second-order valence-corrected chi connectivity index (χ2v) is 5.59. The highest BCUT2D eigenvalue weighted by molar-refractivity contribution is 6.04. The van der Waals surface area contributed by atoms with Crippen molar-refractivity contribution in [2.45, 2.75) is 6.42 Å². The number of nitrogens with zero attached hydrogens (tertiary/aromatic N) is 2. The van der Waals surface area contributed by atoms with E-state index in [9.17, 15) is 9.18 Å². The van der Waals surface area contributed by atoms with Crippen molar-refractivity contribution >= 4 is 11.6 Å². The molecule has 0 aliphatic carbocycles. The van der Waals surface area contributed by atoms with Crippen molar-refractivity contribution in [3.63, 3.8) is 0 Å². The van der Waals surface area contributed by atoms with Crippen molar-refractivity contribution < 1.29 is 18.7 Å². The Balaban J connectivity index is 1.57. The SMILES string of the molecule is O=C(c1cccc(F)c1)N1CCC(c2ccc3c(c2)OCCO3)=N1. The molecule has 5 nitrogen and oxygen atoms in total. The summed E-state index contributed by atoms with van der Waals surface area (Å²) in [6, 6.07) is 11.3. The van der Waals surface area contributed by atoms with Gasteiger partial charge in [-0.3, -0.25) is 4.79 Å². The minimum absolute atomic E-state index is 0.294. The van der Waals surface area contributed by atoms with E-state index in [4.69, 9.17) is 9.47 Å². The Morgan fingerprint density at radius 3 is 2.75 bits per heavy atom. The van der Waals surface area contributed by atoms with E-state index in [0.29, 0.717) is 37.5 Å². The first kappa shape index (κ1) is 14.7. The quantitative estimate of drug-likeness (QED) is 0.853. The number of hydrogen-bond acceptors (Lipinski definition) is 4. The zero-order valence-corrected chi connectivity index (χ0v) is 12.9. The van der Waals surface area contributed by atoms with Crippen LogP contribution in [0.3, 0.4) is 0 Å². The van der Waals surface area contributed by atoms with Crippen LogP contribution < -0.4 is 9.47 Å². The van der Waals surface area contributed by atoms with Gasteiger partial charge in [0.25, 0.3) is 5.91 Å². The highest BCUT2D eigenvalue weighted by Crippen LogP contribution is 2.32. The molecule has 2 aromatic carbocycles. The maximum absolute atomic E-state index is 13.3. The second-order valence-electron chi connectivity index (χ2n) is 5.59. The molecule has 2 aliphatic heterocycles. The number of hydrogen-bond donors (Lipinski definition) is 0. The fourth-order valence-electron chi connectivity index (χ4n) is 2.80. The van der Waals surface area contributed by atoms with Crippen LogP contribution in [0.1, 0.15) is 22.3 Å². The molecule has 0 radical (unpaired) electrons. The van der Waals surface area contributed by atoms with Gasteiger partial charge in [0.15, 0.2) is 11.5 Å². The van der Waals surface area contributed by atoms with Crippen LogP contribution in [0, 0.1) is 5.82 Å². The topological polar surface area (TPSA) is 51.1 Å². The fraction of sp³-hybridized carbons (Fsp3) is 0.222. The summed E-state index contributed by atoms with van der Waals surface area (Å²) in [6.45, 7) is 1.54. The number of amides is 1. The van der Waals surface area contributed by atoms with Gasteiger partial charge < -0.3 is 9.47 Å².